The number of nitriles is 1. The molecule has 5 rings (SSSR count). The Morgan fingerprint density at radius 1 is 0.872 bits per heavy atom. The zero-order chi connectivity index (χ0) is 27.4. The first-order chi connectivity index (χ1) is 19.0. The van der Waals surface area contributed by atoms with Crippen LogP contribution in [0.1, 0.15) is 21.5 Å². The molecule has 0 aliphatic rings. The summed E-state index contributed by atoms with van der Waals surface area (Å²) in [6, 6.07) is 27.5. The highest BCUT2D eigenvalue weighted by Gasteiger charge is 2.25. The Morgan fingerprint density at radius 3 is 2.33 bits per heavy atom. The van der Waals surface area contributed by atoms with Crippen molar-refractivity contribution in [2.45, 2.75) is 6.54 Å². The minimum atomic E-state index is -0.314. The Labute approximate surface area is 225 Å². The van der Waals surface area contributed by atoms with Crippen LogP contribution >= 0.6 is 0 Å². The molecule has 5 aromatic rings. The van der Waals surface area contributed by atoms with E-state index < -0.39 is 0 Å². The highest BCUT2D eigenvalue weighted by atomic mass is 16.5. The third-order valence-electron chi connectivity index (χ3n) is 6.34. The summed E-state index contributed by atoms with van der Waals surface area (Å²) in [5.74, 6) is 1.45. The Morgan fingerprint density at radius 2 is 1.62 bits per heavy atom. The number of carbonyl (C=O) groups is 1. The van der Waals surface area contributed by atoms with E-state index >= 15 is 0 Å². The maximum Gasteiger partial charge on any atom is 0.305 e. The van der Waals surface area contributed by atoms with E-state index in [-0.39, 0.29) is 18.5 Å². The maximum atomic E-state index is 13.8. The molecule has 1 heterocycles. The van der Waals surface area contributed by atoms with E-state index in [1.807, 2.05) is 42.5 Å². The lowest BCUT2D eigenvalue weighted by Crippen LogP contribution is -2.31. The van der Waals surface area contributed by atoms with Gasteiger partial charge in [0.05, 0.1) is 39.5 Å². The van der Waals surface area contributed by atoms with E-state index in [0.717, 1.165) is 16.7 Å². The highest BCUT2D eigenvalue weighted by molar-refractivity contribution is 6.05. The van der Waals surface area contributed by atoms with Crippen LogP contribution in [0.2, 0.25) is 0 Å². The molecule has 0 radical (unpaired) electrons. The molecule has 194 valence electrons. The van der Waals surface area contributed by atoms with Crippen LogP contribution in [0.15, 0.2) is 89.3 Å². The first-order valence-electron chi connectivity index (χ1n) is 12.1. The van der Waals surface area contributed by atoms with Gasteiger partial charge in [-0.25, -0.2) is 0 Å². The van der Waals surface area contributed by atoms with Crippen molar-refractivity contribution >= 4 is 23.0 Å². The van der Waals surface area contributed by atoms with Crippen molar-refractivity contribution in [1.29, 1.82) is 5.26 Å². The predicted molar refractivity (Wildman–Crippen MR) is 147 cm³/mol. The number of benzene rings is 4. The average Bonchev–Trinajstić information content (AvgIpc) is 3.42. The molecule has 0 saturated carbocycles. The summed E-state index contributed by atoms with van der Waals surface area (Å²) in [7, 11) is 4.70. The monoisotopic (exact) mass is 519 g/mol. The van der Waals surface area contributed by atoms with E-state index in [4.69, 9.17) is 28.9 Å². The molecule has 0 aliphatic heterocycles. The van der Waals surface area contributed by atoms with Gasteiger partial charge in [-0.2, -0.15) is 10.2 Å². The second-order valence-electron chi connectivity index (χ2n) is 8.67. The van der Waals surface area contributed by atoms with E-state index in [0.29, 0.717) is 39.5 Å². The van der Waals surface area contributed by atoms with Crippen molar-refractivity contribution in [2.75, 3.05) is 26.2 Å². The summed E-state index contributed by atoms with van der Waals surface area (Å²) in [6.07, 6.45) is 0. The number of rotatable bonds is 8. The summed E-state index contributed by atoms with van der Waals surface area (Å²) in [4.78, 5) is 20.0. The second kappa shape index (κ2) is 11.0. The molecular weight excluding hydrogens is 494 g/mol. The van der Waals surface area contributed by atoms with Crippen molar-refractivity contribution in [3.63, 3.8) is 0 Å². The normalized spacial score (nSPS) is 10.6. The molecule has 0 bridgehead atoms. The predicted octanol–water partition coefficient (Wildman–Crippen LogP) is 6.24. The standard InChI is InChI=1S/C31H25N3O5/c1-36-25-6-4-5-23(15-25)30(35)34(19-24-11-13-26(37-2)17-29(24)38-3)31-33-27-16-22(12-14-28(27)39-31)21-9-7-20(18-32)8-10-21/h4-17H,19H2,1-3H3. The van der Waals surface area contributed by atoms with E-state index in [1.165, 1.54) is 4.90 Å². The van der Waals surface area contributed by atoms with Crippen LogP contribution in [0.4, 0.5) is 6.01 Å². The van der Waals surface area contributed by atoms with Crippen molar-refractivity contribution in [3.05, 3.63) is 102 Å². The summed E-state index contributed by atoms with van der Waals surface area (Å²) < 4.78 is 22.3. The number of methoxy groups -OCH3 is 3. The minimum absolute atomic E-state index is 0.137. The highest BCUT2D eigenvalue weighted by Crippen LogP contribution is 2.32. The number of aromatic nitrogens is 1. The SMILES string of the molecule is COc1cccc(C(=O)N(Cc2ccc(OC)cc2OC)c2nc3cc(-c4ccc(C#N)cc4)ccc3o2)c1. The van der Waals surface area contributed by atoms with Gasteiger partial charge >= 0.3 is 6.01 Å². The second-order valence-corrected chi connectivity index (χ2v) is 8.67. The van der Waals surface area contributed by atoms with E-state index in [9.17, 15) is 4.79 Å². The molecule has 0 N–H and O–H groups in total. The van der Waals surface area contributed by atoms with Gasteiger partial charge in [-0.05, 0) is 65.7 Å². The van der Waals surface area contributed by atoms with Crippen molar-refractivity contribution in [2.24, 2.45) is 0 Å². The number of amides is 1. The van der Waals surface area contributed by atoms with Gasteiger partial charge < -0.3 is 18.6 Å². The fraction of sp³-hybridized carbons (Fsp3) is 0.129. The number of hydrogen-bond donors (Lipinski definition) is 0. The molecule has 0 aliphatic carbocycles. The van der Waals surface area contributed by atoms with Gasteiger partial charge in [-0.3, -0.25) is 9.69 Å². The van der Waals surface area contributed by atoms with Crippen molar-refractivity contribution < 1.29 is 23.4 Å². The number of carbonyl (C=O) groups excluding carboxylic acids is 1. The smallest absolute Gasteiger partial charge is 0.305 e. The Balaban J connectivity index is 1.57. The quantitative estimate of drug-likeness (QED) is 0.239. The van der Waals surface area contributed by atoms with Gasteiger partial charge in [0, 0.05) is 17.2 Å². The van der Waals surface area contributed by atoms with Crippen LogP contribution in [0.5, 0.6) is 17.2 Å². The molecule has 8 nitrogen and oxygen atoms in total. The topological polar surface area (TPSA) is 97.8 Å². The third-order valence-corrected chi connectivity index (χ3v) is 6.34. The average molecular weight is 520 g/mol. The van der Waals surface area contributed by atoms with Gasteiger partial charge in [0.2, 0.25) is 0 Å². The number of oxazole rings is 1. The summed E-state index contributed by atoms with van der Waals surface area (Å²) in [5.41, 5.74) is 4.73. The molecule has 4 aromatic carbocycles. The third kappa shape index (κ3) is 5.24. The molecule has 0 unspecified atom stereocenters. The number of ether oxygens (including phenoxy) is 3. The fourth-order valence-corrected chi connectivity index (χ4v) is 4.24. The van der Waals surface area contributed by atoms with Crippen LogP contribution in [-0.4, -0.2) is 32.2 Å². The van der Waals surface area contributed by atoms with Gasteiger partial charge in [-0.15, -0.1) is 0 Å². The summed E-state index contributed by atoms with van der Waals surface area (Å²) >= 11 is 0. The lowest BCUT2D eigenvalue weighted by atomic mass is 10.0. The fourth-order valence-electron chi connectivity index (χ4n) is 4.24. The number of fused-ring (bicyclic) bond motifs is 1. The molecular formula is C31H25N3O5. The minimum Gasteiger partial charge on any atom is -0.497 e. The van der Waals surface area contributed by atoms with E-state index in [1.54, 1.807) is 63.8 Å². The Bertz CT molecular complexity index is 1690. The molecule has 0 saturated heterocycles. The van der Waals surface area contributed by atoms with Crippen LogP contribution in [0, 0.1) is 11.3 Å². The molecule has 0 spiro atoms. The zero-order valence-corrected chi connectivity index (χ0v) is 21.7. The molecule has 1 amide bonds. The first-order valence-corrected chi connectivity index (χ1v) is 12.1. The Kier molecular flexibility index (Phi) is 7.15. The molecule has 8 heteroatoms. The van der Waals surface area contributed by atoms with Gasteiger partial charge in [-0.1, -0.05) is 24.3 Å². The first kappa shape index (κ1) is 25.4. The number of hydrogen-bond acceptors (Lipinski definition) is 7. The zero-order valence-electron chi connectivity index (χ0n) is 21.7. The number of nitrogens with zero attached hydrogens (tertiary/aromatic N) is 3. The summed E-state index contributed by atoms with van der Waals surface area (Å²) in [6.45, 7) is 0.137. The molecule has 0 fully saturated rings. The van der Waals surface area contributed by atoms with Crippen LogP contribution in [-0.2, 0) is 6.54 Å². The van der Waals surface area contributed by atoms with Crippen LogP contribution < -0.4 is 19.1 Å². The largest absolute Gasteiger partial charge is 0.497 e. The lowest BCUT2D eigenvalue weighted by molar-refractivity contribution is 0.0979. The van der Waals surface area contributed by atoms with Crippen molar-refractivity contribution in [1.82, 2.24) is 4.98 Å². The molecule has 1 aromatic heterocycles. The molecule has 0 atom stereocenters. The van der Waals surface area contributed by atoms with E-state index in [2.05, 4.69) is 6.07 Å². The van der Waals surface area contributed by atoms with Crippen LogP contribution in [0.3, 0.4) is 0 Å². The number of anilines is 1. The van der Waals surface area contributed by atoms with Gasteiger partial charge in [0.1, 0.15) is 22.8 Å². The van der Waals surface area contributed by atoms with Gasteiger partial charge in [0.15, 0.2) is 5.58 Å². The van der Waals surface area contributed by atoms with Crippen molar-refractivity contribution in [3.8, 4) is 34.4 Å². The summed E-state index contributed by atoms with van der Waals surface area (Å²) in [5, 5.41) is 9.09. The maximum absolute atomic E-state index is 13.8. The van der Waals surface area contributed by atoms with Crippen LogP contribution in [0.25, 0.3) is 22.2 Å². The lowest BCUT2D eigenvalue weighted by Gasteiger charge is -2.21. The Hall–Kier alpha value is -5.29. The molecule has 39 heavy (non-hydrogen) atoms. The van der Waals surface area contributed by atoms with Gasteiger partial charge in [0.25, 0.3) is 5.91 Å².